The quantitative estimate of drug-likeness (QED) is 0.302. The summed E-state index contributed by atoms with van der Waals surface area (Å²) in [4.78, 5) is 16.8. The van der Waals surface area contributed by atoms with Crippen LogP contribution in [0.5, 0.6) is 5.75 Å². The van der Waals surface area contributed by atoms with Gasteiger partial charge in [-0.2, -0.15) is 23.4 Å². The van der Waals surface area contributed by atoms with E-state index in [1.54, 1.807) is 19.9 Å². The van der Waals surface area contributed by atoms with E-state index in [0.29, 0.717) is 11.3 Å². The summed E-state index contributed by atoms with van der Waals surface area (Å²) >= 11 is 0. The normalized spacial score (nSPS) is 12.2. The van der Waals surface area contributed by atoms with Crippen LogP contribution in [0.3, 0.4) is 0 Å². The molecule has 0 aliphatic carbocycles. The van der Waals surface area contributed by atoms with Gasteiger partial charge in [0.05, 0.1) is 18.4 Å². The number of aliphatic imine (C=N–C) groups is 1. The van der Waals surface area contributed by atoms with Crippen LogP contribution in [0.2, 0.25) is 0 Å². The van der Waals surface area contributed by atoms with Gasteiger partial charge in [0.25, 0.3) is 5.91 Å². The number of hydrogen-bond donors (Lipinski definition) is 3. The van der Waals surface area contributed by atoms with Crippen LogP contribution in [0.1, 0.15) is 29.9 Å². The Hall–Kier alpha value is -3.90. The first kappa shape index (κ1) is 23.8. The largest absolute Gasteiger partial charge is 0.494 e. The maximum absolute atomic E-state index is 13.7. The van der Waals surface area contributed by atoms with Crippen LogP contribution in [0, 0.1) is 5.82 Å². The van der Waals surface area contributed by atoms with E-state index >= 15 is 0 Å². The summed E-state index contributed by atoms with van der Waals surface area (Å²) < 4.78 is 59.2. The number of hydrogen-bond acceptors (Lipinski definition) is 5. The Morgan fingerprint density at radius 1 is 1.27 bits per heavy atom. The second-order valence-corrected chi connectivity index (χ2v) is 7.23. The molecule has 1 aromatic carbocycles. The van der Waals surface area contributed by atoms with Crippen LogP contribution < -0.4 is 15.4 Å². The second kappa shape index (κ2) is 9.30. The molecule has 3 rings (SSSR count). The number of ether oxygens (including phenoxy) is 1. The molecule has 2 aromatic heterocycles. The zero-order valence-corrected chi connectivity index (χ0v) is 18.1. The predicted octanol–water partition coefficient (Wildman–Crippen LogP) is 3.58. The third-order valence-corrected chi connectivity index (χ3v) is 4.25. The average Bonchev–Trinajstić information content (AvgIpc) is 3.34. The van der Waals surface area contributed by atoms with Crippen molar-refractivity contribution in [3.8, 4) is 17.0 Å². The van der Waals surface area contributed by atoms with E-state index in [1.165, 1.54) is 32.4 Å². The van der Waals surface area contributed by atoms with Gasteiger partial charge in [0, 0.05) is 30.9 Å². The fourth-order valence-electron chi connectivity index (χ4n) is 2.88. The molecule has 0 saturated heterocycles. The van der Waals surface area contributed by atoms with Gasteiger partial charge in [0.1, 0.15) is 0 Å². The van der Waals surface area contributed by atoms with E-state index in [-0.39, 0.29) is 23.6 Å². The Labute approximate surface area is 185 Å². The molecule has 33 heavy (non-hydrogen) atoms. The number of aromatic nitrogens is 4. The number of carbonyl (C=O) groups excluding carboxylic acids is 1. The van der Waals surface area contributed by atoms with Gasteiger partial charge in [-0.3, -0.25) is 19.9 Å². The number of guanidine groups is 1. The Morgan fingerprint density at radius 3 is 2.64 bits per heavy atom. The lowest BCUT2D eigenvalue weighted by molar-refractivity contribution is -0.141. The summed E-state index contributed by atoms with van der Waals surface area (Å²) in [6, 6.07) is 5.48. The van der Waals surface area contributed by atoms with Crippen molar-refractivity contribution < 1.29 is 27.1 Å². The minimum absolute atomic E-state index is 0.0443. The number of methoxy groups -OCH3 is 1. The second-order valence-electron chi connectivity index (χ2n) is 7.23. The average molecular weight is 467 g/mol. The number of aryl methyl sites for hydroxylation is 1. The highest BCUT2D eigenvalue weighted by molar-refractivity contribution is 6.10. The summed E-state index contributed by atoms with van der Waals surface area (Å²) in [7, 11) is 2.62. The summed E-state index contributed by atoms with van der Waals surface area (Å²) in [6.45, 7) is 3.44. The van der Waals surface area contributed by atoms with Gasteiger partial charge in [0.15, 0.2) is 23.1 Å². The molecule has 3 N–H and O–H groups in total. The van der Waals surface area contributed by atoms with Gasteiger partial charge in [-0.05, 0) is 32.0 Å². The first-order valence-electron chi connectivity index (χ1n) is 9.64. The van der Waals surface area contributed by atoms with Crippen LogP contribution in [0.4, 0.5) is 23.4 Å². The minimum Gasteiger partial charge on any atom is -0.494 e. The van der Waals surface area contributed by atoms with Crippen LogP contribution in [0.25, 0.3) is 11.3 Å². The molecule has 0 radical (unpaired) electrons. The Balaban J connectivity index is 1.83. The highest BCUT2D eigenvalue weighted by Crippen LogP contribution is 2.30. The van der Waals surface area contributed by atoms with Crippen molar-refractivity contribution in [3.63, 3.8) is 0 Å². The molecule has 0 unspecified atom stereocenters. The van der Waals surface area contributed by atoms with Crippen molar-refractivity contribution in [2.45, 2.75) is 26.1 Å². The van der Waals surface area contributed by atoms with E-state index in [9.17, 15) is 22.4 Å². The van der Waals surface area contributed by atoms with E-state index < -0.39 is 29.2 Å². The lowest BCUT2D eigenvalue weighted by Crippen LogP contribution is -2.37. The molecule has 2 heterocycles. The molecule has 0 bridgehead atoms. The number of aromatic amines is 1. The number of nitrogens with zero attached hydrogens (tertiary/aromatic N) is 4. The van der Waals surface area contributed by atoms with Crippen molar-refractivity contribution in [2.24, 2.45) is 12.0 Å². The van der Waals surface area contributed by atoms with Gasteiger partial charge in [-0.25, -0.2) is 9.38 Å². The van der Waals surface area contributed by atoms with Crippen LogP contribution in [-0.4, -0.2) is 45.0 Å². The van der Waals surface area contributed by atoms with Gasteiger partial charge in [-0.1, -0.05) is 0 Å². The molecule has 0 saturated carbocycles. The predicted molar refractivity (Wildman–Crippen MR) is 112 cm³/mol. The molecule has 0 fully saturated rings. The zero-order chi connectivity index (χ0) is 24.3. The fraction of sp³-hybridized carbons (Fsp3) is 0.300. The number of carbonyl (C=O) groups is 1. The van der Waals surface area contributed by atoms with Crippen LogP contribution >= 0.6 is 0 Å². The number of alkyl halides is 3. The van der Waals surface area contributed by atoms with E-state index in [1.807, 2.05) is 0 Å². The molecular weight excluding hydrogens is 446 g/mol. The lowest BCUT2D eigenvalue weighted by atomic mass is 10.1. The Kier molecular flexibility index (Phi) is 6.70. The SMILES string of the molecule is COc1cc(-c2cc(NC(=NC(C)C)NC(=O)c3cn(C)nc3C(F)(F)F)n[nH]2)ccc1F. The summed E-state index contributed by atoms with van der Waals surface area (Å²) in [5, 5.41) is 15.2. The van der Waals surface area contributed by atoms with Gasteiger partial charge >= 0.3 is 6.18 Å². The first-order chi connectivity index (χ1) is 15.5. The molecule has 0 spiro atoms. The first-order valence-corrected chi connectivity index (χ1v) is 9.64. The Bertz CT molecular complexity index is 1180. The number of benzene rings is 1. The monoisotopic (exact) mass is 467 g/mol. The number of amides is 1. The maximum atomic E-state index is 13.7. The third kappa shape index (κ3) is 5.67. The molecule has 3 aromatic rings. The standard InChI is InChI=1S/C20H21F4N7O2/c1-10(2)25-19(27-18(32)12-9-31(3)30-17(12)20(22,23)24)26-16-8-14(28-29-16)11-5-6-13(21)15(7-11)33-4/h5-10H,1-4H3,(H3,25,26,27,28,29,32). The van der Waals surface area contributed by atoms with E-state index in [2.05, 4.69) is 30.9 Å². The smallest absolute Gasteiger partial charge is 0.435 e. The van der Waals surface area contributed by atoms with Gasteiger partial charge in [-0.15, -0.1) is 0 Å². The maximum Gasteiger partial charge on any atom is 0.435 e. The Morgan fingerprint density at radius 2 is 2.00 bits per heavy atom. The molecule has 0 atom stereocenters. The molecule has 176 valence electrons. The number of halogens is 4. The van der Waals surface area contributed by atoms with Crippen molar-refractivity contribution in [1.29, 1.82) is 0 Å². The van der Waals surface area contributed by atoms with Crippen molar-refractivity contribution in [2.75, 3.05) is 12.4 Å². The number of rotatable bonds is 5. The van der Waals surface area contributed by atoms with Gasteiger partial charge in [0.2, 0.25) is 5.96 Å². The zero-order valence-electron chi connectivity index (χ0n) is 18.1. The lowest BCUT2D eigenvalue weighted by Gasteiger charge is -2.11. The summed E-state index contributed by atoms with van der Waals surface area (Å²) in [5.41, 5.74) is -0.883. The molecule has 1 amide bonds. The van der Waals surface area contributed by atoms with Crippen LogP contribution in [0.15, 0.2) is 35.5 Å². The van der Waals surface area contributed by atoms with Crippen LogP contribution in [-0.2, 0) is 13.2 Å². The van der Waals surface area contributed by atoms with Crippen molar-refractivity contribution in [3.05, 3.63) is 47.5 Å². The number of H-pyrrole nitrogens is 1. The van der Waals surface area contributed by atoms with E-state index in [0.717, 1.165) is 10.9 Å². The number of nitrogens with one attached hydrogen (secondary N) is 3. The highest BCUT2D eigenvalue weighted by atomic mass is 19.4. The molecule has 13 heteroatoms. The minimum atomic E-state index is -4.80. The van der Waals surface area contributed by atoms with Gasteiger partial charge < -0.3 is 10.1 Å². The molecule has 0 aliphatic rings. The van der Waals surface area contributed by atoms with Crippen molar-refractivity contribution >= 4 is 17.7 Å². The third-order valence-electron chi connectivity index (χ3n) is 4.25. The molecular formula is C20H21F4N7O2. The van der Waals surface area contributed by atoms with Crippen molar-refractivity contribution in [1.82, 2.24) is 25.3 Å². The van der Waals surface area contributed by atoms with E-state index in [4.69, 9.17) is 4.74 Å². The topological polar surface area (TPSA) is 109 Å². The fourth-order valence-corrected chi connectivity index (χ4v) is 2.88. The molecule has 9 nitrogen and oxygen atoms in total. The number of anilines is 1. The summed E-state index contributed by atoms with van der Waals surface area (Å²) in [6.07, 6.45) is -3.83. The summed E-state index contributed by atoms with van der Waals surface area (Å²) in [5.74, 6) is -1.41. The molecule has 0 aliphatic heterocycles. The highest BCUT2D eigenvalue weighted by Gasteiger charge is 2.39.